The van der Waals surface area contributed by atoms with Crippen LogP contribution in [0.15, 0.2) is 29.2 Å². The molecular weight excluding hydrogens is 478 g/mol. The standard InChI is InChI=1S/C16H24N2O2.2C2HF3O2/c1-3-8-19-16-9-14-10-17(6-7-18(14)12-16)11-15-5-4-13(2)20-15;2*3-2(4,5)1(6)7/h3-5,14,16H,1,6-12H2,2H3;2*(H,6,7). The molecule has 2 saturated heterocycles. The van der Waals surface area contributed by atoms with Crippen LogP contribution >= 0.6 is 0 Å². The number of aryl methyl sites for hydroxylation is 1. The highest BCUT2D eigenvalue weighted by Crippen LogP contribution is 2.25. The second kappa shape index (κ2) is 12.8. The van der Waals surface area contributed by atoms with Crippen LogP contribution in [-0.4, -0.2) is 89.2 Å². The topological polar surface area (TPSA) is 103 Å². The fraction of sp³-hybridized carbons (Fsp3) is 0.600. The van der Waals surface area contributed by atoms with Gasteiger partial charge in [-0.1, -0.05) is 6.08 Å². The summed E-state index contributed by atoms with van der Waals surface area (Å²) in [4.78, 5) is 22.9. The van der Waals surface area contributed by atoms with E-state index in [4.69, 9.17) is 29.0 Å². The van der Waals surface area contributed by atoms with Gasteiger partial charge in [0.25, 0.3) is 0 Å². The van der Waals surface area contributed by atoms with E-state index >= 15 is 0 Å². The fourth-order valence-corrected chi connectivity index (χ4v) is 3.32. The molecule has 0 aliphatic carbocycles. The fourth-order valence-electron chi connectivity index (χ4n) is 3.32. The number of fused-ring (bicyclic) bond motifs is 1. The number of hydrogen-bond acceptors (Lipinski definition) is 6. The van der Waals surface area contributed by atoms with E-state index in [0.717, 1.165) is 50.7 Å². The molecule has 0 aromatic carbocycles. The third kappa shape index (κ3) is 10.6. The number of nitrogens with zero attached hydrogens (tertiary/aromatic N) is 2. The van der Waals surface area contributed by atoms with Crippen molar-refractivity contribution in [2.24, 2.45) is 0 Å². The lowest BCUT2D eigenvalue weighted by Gasteiger charge is -2.36. The minimum atomic E-state index is -5.08. The van der Waals surface area contributed by atoms with Crippen LogP contribution in [0.4, 0.5) is 26.3 Å². The summed E-state index contributed by atoms with van der Waals surface area (Å²) < 4.78 is 75.0. The number of rotatable bonds is 5. The summed E-state index contributed by atoms with van der Waals surface area (Å²) in [5, 5.41) is 14.2. The van der Waals surface area contributed by atoms with Crippen LogP contribution < -0.4 is 0 Å². The summed E-state index contributed by atoms with van der Waals surface area (Å²) in [7, 11) is 0. The van der Waals surface area contributed by atoms with Gasteiger partial charge < -0.3 is 19.4 Å². The smallest absolute Gasteiger partial charge is 0.475 e. The van der Waals surface area contributed by atoms with E-state index in [1.165, 1.54) is 0 Å². The van der Waals surface area contributed by atoms with E-state index in [1.807, 2.05) is 19.1 Å². The number of carboxylic acid groups (broad SMARTS) is 2. The Kier molecular flexibility index (Phi) is 11.1. The zero-order chi connectivity index (χ0) is 26.1. The molecule has 2 unspecified atom stereocenters. The largest absolute Gasteiger partial charge is 0.490 e. The number of furan rings is 1. The van der Waals surface area contributed by atoms with Gasteiger partial charge >= 0.3 is 24.3 Å². The van der Waals surface area contributed by atoms with Crippen molar-refractivity contribution in [1.29, 1.82) is 0 Å². The molecule has 3 rings (SSSR count). The van der Waals surface area contributed by atoms with Gasteiger partial charge in [0.2, 0.25) is 0 Å². The molecule has 2 aliphatic rings. The zero-order valence-corrected chi connectivity index (χ0v) is 18.2. The number of alkyl halides is 6. The predicted molar refractivity (Wildman–Crippen MR) is 106 cm³/mol. The molecule has 14 heteroatoms. The normalized spacial score (nSPS) is 20.9. The second-order valence-corrected chi connectivity index (χ2v) is 7.48. The van der Waals surface area contributed by atoms with Crippen LogP contribution in [0.3, 0.4) is 0 Å². The number of ether oxygens (including phenoxy) is 1. The van der Waals surface area contributed by atoms with E-state index in [-0.39, 0.29) is 0 Å². The maximum atomic E-state index is 10.6. The highest BCUT2D eigenvalue weighted by Gasteiger charge is 2.39. The number of halogens is 6. The molecule has 34 heavy (non-hydrogen) atoms. The average Bonchev–Trinajstić information content (AvgIpc) is 3.31. The molecule has 2 aliphatic heterocycles. The van der Waals surface area contributed by atoms with Crippen LogP contribution in [0.25, 0.3) is 0 Å². The minimum Gasteiger partial charge on any atom is -0.475 e. The summed E-state index contributed by atoms with van der Waals surface area (Å²) >= 11 is 0. The van der Waals surface area contributed by atoms with Crippen molar-refractivity contribution in [3.63, 3.8) is 0 Å². The Morgan fingerprint density at radius 3 is 2.12 bits per heavy atom. The molecule has 2 atom stereocenters. The summed E-state index contributed by atoms with van der Waals surface area (Å²) in [6.07, 6.45) is -6.81. The lowest BCUT2D eigenvalue weighted by atomic mass is 10.1. The molecule has 0 saturated carbocycles. The average molecular weight is 504 g/mol. The second-order valence-electron chi connectivity index (χ2n) is 7.48. The summed E-state index contributed by atoms with van der Waals surface area (Å²) in [6, 6.07) is 4.77. The number of aliphatic carboxylic acids is 2. The van der Waals surface area contributed by atoms with Gasteiger partial charge in [-0.15, -0.1) is 6.58 Å². The predicted octanol–water partition coefficient (Wildman–Crippen LogP) is 3.32. The van der Waals surface area contributed by atoms with Gasteiger partial charge in [0.1, 0.15) is 11.5 Å². The van der Waals surface area contributed by atoms with Gasteiger partial charge in [0, 0.05) is 32.2 Å². The van der Waals surface area contributed by atoms with E-state index in [0.29, 0.717) is 18.8 Å². The summed E-state index contributed by atoms with van der Waals surface area (Å²) in [5.41, 5.74) is 0. The number of hydrogen-bond donors (Lipinski definition) is 2. The SMILES string of the molecule is C=CCOC1CC2CN(Cc3ccc(C)o3)CCN2C1.O=C(O)C(F)(F)F.O=C(O)C(F)(F)F. The van der Waals surface area contributed by atoms with Crippen LogP contribution in [0.2, 0.25) is 0 Å². The Morgan fingerprint density at radius 1 is 1.12 bits per heavy atom. The highest BCUT2D eigenvalue weighted by atomic mass is 19.4. The molecule has 2 N–H and O–H groups in total. The Bertz CT molecular complexity index is 786. The molecule has 194 valence electrons. The molecule has 0 spiro atoms. The number of carboxylic acids is 2. The van der Waals surface area contributed by atoms with Crippen LogP contribution in [-0.2, 0) is 20.9 Å². The van der Waals surface area contributed by atoms with Gasteiger partial charge in [-0.2, -0.15) is 26.3 Å². The van der Waals surface area contributed by atoms with Crippen molar-refractivity contribution in [2.45, 2.75) is 44.4 Å². The monoisotopic (exact) mass is 504 g/mol. The molecule has 0 amide bonds. The van der Waals surface area contributed by atoms with Crippen LogP contribution in [0.1, 0.15) is 17.9 Å². The zero-order valence-electron chi connectivity index (χ0n) is 18.2. The Labute approximate surface area is 191 Å². The summed E-state index contributed by atoms with van der Waals surface area (Å²) in [6.45, 7) is 11.8. The highest BCUT2D eigenvalue weighted by molar-refractivity contribution is 5.73. The summed E-state index contributed by atoms with van der Waals surface area (Å²) in [5.74, 6) is -3.44. The molecule has 8 nitrogen and oxygen atoms in total. The maximum Gasteiger partial charge on any atom is 0.490 e. The molecule has 1 aromatic rings. The molecule has 0 bridgehead atoms. The van der Waals surface area contributed by atoms with Crippen molar-refractivity contribution >= 4 is 11.9 Å². The van der Waals surface area contributed by atoms with Gasteiger partial charge in [-0.3, -0.25) is 9.80 Å². The van der Waals surface area contributed by atoms with Gasteiger partial charge in [0.15, 0.2) is 0 Å². The number of piperazine rings is 1. The van der Waals surface area contributed by atoms with Crippen molar-refractivity contribution in [2.75, 3.05) is 32.8 Å². The molecule has 2 fully saturated rings. The number of carbonyl (C=O) groups is 2. The lowest BCUT2D eigenvalue weighted by Crippen LogP contribution is -2.49. The van der Waals surface area contributed by atoms with Gasteiger partial charge in [0.05, 0.1) is 19.3 Å². The molecule has 1 aromatic heterocycles. The lowest BCUT2D eigenvalue weighted by molar-refractivity contribution is -0.193. The molecule has 3 heterocycles. The first-order valence-corrected chi connectivity index (χ1v) is 9.98. The Hall–Kier alpha value is -2.58. The Balaban J connectivity index is 0.000000343. The van der Waals surface area contributed by atoms with Crippen LogP contribution in [0, 0.1) is 6.92 Å². The van der Waals surface area contributed by atoms with E-state index in [2.05, 4.69) is 22.4 Å². The first-order chi connectivity index (χ1) is 15.6. The first kappa shape index (κ1) is 29.5. The van der Waals surface area contributed by atoms with E-state index < -0.39 is 24.3 Å². The minimum absolute atomic E-state index is 0.379. The van der Waals surface area contributed by atoms with Crippen molar-refractivity contribution in [3.05, 3.63) is 36.3 Å². The molecule has 0 radical (unpaired) electrons. The van der Waals surface area contributed by atoms with Crippen molar-refractivity contribution in [3.8, 4) is 0 Å². The maximum absolute atomic E-state index is 10.6. The van der Waals surface area contributed by atoms with E-state index in [9.17, 15) is 26.3 Å². The van der Waals surface area contributed by atoms with E-state index in [1.54, 1.807) is 0 Å². The third-order valence-corrected chi connectivity index (χ3v) is 4.77. The quantitative estimate of drug-likeness (QED) is 0.465. The Morgan fingerprint density at radius 2 is 1.68 bits per heavy atom. The van der Waals surface area contributed by atoms with Crippen LogP contribution in [0.5, 0.6) is 0 Å². The third-order valence-electron chi connectivity index (χ3n) is 4.77. The molecular formula is C20H26F6N2O6. The van der Waals surface area contributed by atoms with Crippen molar-refractivity contribution < 1.29 is 55.3 Å². The van der Waals surface area contributed by atoms with Gasteiger partial charge in [-0.05, 0) is 25.5 Å². The first-order valence-electron chi connectivity index (χ1n) is 9.98. The van der Waals surface area contributed by atoms with Gasteiger partial charge in [-0.25, -0.2) is 9.59 Å². The van der Waals surface area contributed by atoms with Crippen molar-refractivity contribution in [1.82, 2.24) is 9.80 Å².